The van der Waals surface area contributed by atoms with E-state index < -0.39 is 22.5 Å². The van der Waals surface area contributed by atoms with Gasteiger partial charge in [0.2, 0.25) is 10.0 Å². The van der Waals surface area contributed by atoms with Crippen molar-refractivity contribution in [2.45, 2.75) is 32.7 Å². The van der Waals surface area contributed by atoms with E-state index in [1.807, 2.05) is 13.8 Å². The summed E-state index contributed by atoms with van der Waals surface area (Å²) in [5, 5.41) is 8.65. The van der Waals surface area contributed by atoms with Crippen LogP contribution in [0.3, 0.4) is 0 Å². The lowest BCUT2D eigenvalue weighted by atomic mass is 10.3. The Morgan fingerprint density at radius 1 is 1.47 bits per heavy atom. The molecule has 5 nitrogen and oxygen atoms in total. The van der Waals surface area contributed by atoms with E-state index in [9.17, 15) is 13.2 Å². The van der Waals surface area contributed by atoms with Crippen molar-refractivity contribution < 1.29 is 18.3 Å². The highest BCUT2D eigenvalue weighted by molar-refractivity contribution is 7.89. The molecule has 0 bridgehead atoms. The number of aliphatic carboxylic acids is 1. The smallest absolute Gasteiger partial charge is 0.318 e. The van der Waals surface area contributed by atoms with Crippen molar-refractivity contribution in [3.8, 4) is 0 Å². The van der Waals surface area contributed by atoms with Crippen LogP contribution in [-0.4, -0.2) is 42.1 Å². The summed E-state index contributed by atoms with van der Waals surface area (Å²) in [4.78, 5) is 10.6. The molecule has 0 saturated heterocycles. The summed E-state index contributed by atoms with van der Waals surface area (Å²) in [5.41, 5.74) is 0. The first kappa shape index (κ1) is 12.4. The van der Waals surface area contributed by atoms with Gasteiger partial charge in [0, 0.05) is 6.04 Å². The largest absolute Gasteiger partial charge is 0.480 e. The standard InChI is InChI=1S/C9H17NO4S/c1-7(2)6-15(13,14)10(5-9(11)12)8-3-4-8/h7-8H,3-6H2,1-2H3,(H,11,12). The topological polar surface area (TPSA) is 74.7 Å². The Hall–Kier alpha value is -0.620. The van der Waals surface area contributed by atoms with E-state index in [4.69, 9.17) is 5.11 Å². The number of carbonyl (C=O) groups is 1. The molecule has 1 saturated carbocycles. The minimum Gasteiger partial charge on any atom is -0.480 e. The fourth-order valence-electron chi connectivity index (χ4n) is 1.47. The Morgan fingerprint density at radius 3 is 2.33 bits per heavy atom. The second-order valence-corrected chi connectivity index (χ2v) is 6.31. The second kappa shape index (κ2) is 4.49. The maximum atomic E-state index is 11.8. The van der Waals surface area contributed by atoms with Crippen molar-refractivity contribution in [2.75, 3.05) is 12.3 Å². The number of sulfonamides is 1. The van der Waals surface area contributed by atoms with Crippen molar-refractivity contribution in [1.29, 1.82) is 0 Å². The van der Waals surface area contributed by atoms with Gasteiger partial charge in [-0.15, -0.1) is 0 Å². The third kappa shape index (κ3) is 3.79. The molecular weight excluding hydrogens is 218 g/mol. The number of hydrogen-bond acceptors (Lipinski definition) is 3. The number of hydrogen-bond donors (Lipinski definition) is 1. The summed E-state index contributed by atoms with van der Waals surface area (Å²) < 4.78 is 24.8. The zero-order chi connectivity index (χ0) is 11.6. The van der Waals surface area contributed by atoms with Crippen LogP contribution in [0.15, 0.2) is 0 Å². The van der Waals surface area contributed by atoms with Gasteiger partial charge in [-0.2, -0.15) is 4.31 Å². The van der Waals surface area contributed by atoms with Gasteiger partial charge in [-0.25, -0.2) is 8.42 Å². The maximum Gasteiger partial charge on any atom is 0.318 e. The van der Waals surface area contributed by atoms with Gasteiger partial charge in [-0.3, -0.25) is 4.79 Å². The molecule has 6 heteroatoms. The Bertz CT molecular complexity index is 332. The highest BCUT2D eigenvalue weighted by Gasteiger charge is 2.38. The zero-order valence-corrected chi connectivity index (χ0v) is 9.83. The normalized spacial score (nSPS) is 17.3. The van der Waals surface area contributed by atoms with Crippen molar-refractivity contribution in [3.05, 3.63) is 0 Å². The quantitative estimate of drug-likeness (QED) is 0.728. The van der Waals surface area contributed by atoms with Gasteiger partial charge < -0.3 is 5.11 Å². The third-order valence-corrected chi connectivity index (χ3v) is 4.38. The molecule has 0 aromatic carbocycles. The van der Waals surface area contributed by atoms with Gasteiger partial charge in [-0.05, 0) is 18.8 Å². The molecule has 1 fully saturated rings. The van der Waals surface area contributed by atoms with Crippen molar-refractivity contribution >= 4 is 16.0 Å². The molecule has 88 valence electrons. The lowest BCUT2D eigenvalue weighted by Gasteiger charge is -2.20. The van der Waals surface area contributed by atoms with Crippen LogP contribution >= 0.6 is 0 Å². The predicted molar refractivity (Wildman–Crippen MR) is 56.0 cm³/mol. The van der Waals surface area contributed by atoms with E-state index >= 15 is 0 Å². The van der Waals surface area contributed by atoms with Gasteiger partial charge in [0.15, 0.2) is 0 Å². The fraction of sp³-hybridized carbons (Fsp3) is 0.889. The van der Waals surface area contributed by atoms with E-state index in [0.29, 0.717) is 0 Å². The molecule has 1 aliphatic rings. The molecule has 15 heavy (non-hydrogen) atoms. The molecule has 1 N–H and O–H groups in total. The van der Waals surface area contributed by atoms with Crippen LogP contribution in [0, 0.1) is 5.92 Å². The monoisotopic (exact) mass is 235 g/mol. The summed E-state index contributed by atoms with van der Waals surface area (Å²) in [7, 11) is -3.40. The average molecular weight is 235 g/mol. The molecule has 0 radical (unpaired) electrons. The van der Waals surface area contributed by atoms with E-state index in [0.717, 1.165) is 17.1 Å². The van der Waals surface area contributed by atoms with E-state index in [1.54, 1.807) is 0 Å². The highest BCUT2D eigenvalue weighted by atomic mass is 32.2. The van der Waals surface area contributed by atoms with Crippen LogP contribution < -0.4 is 0 Å². The van der Waals surface area contributed by atoms with Crippen molar-refractivity contribution in [3.63, 3.8) is 0 Å². The summed E-state index contributed by atoms with van der Waals surface area (Å²) in [5.74, 6) is -1.05. The third-order valence-electron chi connectivity index (χ3n) is 2.15. The number of carboxylic acids is 1. The first-order valence-corrected chi connectivity index (χ1v) is 6.65. The lowest BCUT2D eigenvalue weighted by Crippen LogP contribution is -2.39. The van der Waals surface area contributed by atoms with Crippen molar-refractivity contribution in [2.24, 2.45) is 5.92 Å². The number of nitrogens with zero attached hydrogens (tertiary/aromatic N) is 1. The fourth-order valence-corrected chi connectivity index (χ4v) is 3.47. The lowest BCUT2D eigenvalue weighted by molar-refractivity contribution is -0.137. The van der Waals surface area contributed by atoms with Gasteiger partial charge in [0.1, 0.15) is 6.54 Å². The summed E-state index contributed by atoms with van der Waals surface area (Å²) >= 11 is 0. The van der Waals surface area contributed by atoms with Crippen LogP contribution in [0.1, 0.15) is 26.7 Å². The maximum absolute atomic E-state index is 11.8. The van der Waals surface area contributed by atoms with E-state index in [2.05, 4.69) is 0 Å². The summed E-state index contributed by atoms with van der Waals surface area (Å²) in [6.45, 7) is 3.21. The predicted octanol–water partition coefficient (Wildman–Crippen LogP) is 0.521. The Morgan fingerprint density at radius 2 is 2.00 bits per heavy atom. The molecular formula is C9H17NO4S. The van der Waals surface area contributed by atoms with Crippen LogP contribution in [0.25, 0.3) is 0 Å². The summed E-state index contributed by atoms with van der Waals surface area (Å²) in [6.07, 6.45) is 1.56. The van der Waals surface area contributed by atoms with Crippen LogP contribution in [0.2, 0.25) is 0 Å². The molecule has 0 heterocycles. The summed E-state index contributed by atoms with van der Waals surface area (Å²) in [6, 6.07) is -0.0788. The second-order valence-electron chi connectivity index (χ2n) is 4.34. The van der Waals surface area contributed by atoms with Gasteiger partial charge in [0.05, 0.1) is 5.75 Å². The van der Waals surface area contributed by atoms with E-state index in [-0.39, 0.29) is 17.7 Å². The Kier molecular flexibility index (Phi) is 3.72. The molecule has 0 aromatic rings. The number of carboxylic acid groups (broad SMARTS) is 1. The van der Waals surface area contributed by atoms with Crippen LogP contribution in [0.4, 0.5) is 0 Å². The number of rotatable bonds is 6. The zero-order valence-electron chi connectivity index (χ0n) is 9.01. The van der Waals surface area contributed by atoms with Crippen LogP contribution in [0.5, 0.6) is 0 Å². The molecule has 0 amide bonds. The Balaban J connectivity index is 2.74. The molecule has 0 aliphatic heterocycles. The van der Waals surface area contributed by atoms with Gasteiger partial charge in [0.25, 0.3) is 0 Å². The van der Waals surface area contributed by atoms with Crippen molar-refractivity contribution in [1.82, 2.24) is 4.31 Å². The van der Waals surface area contributed by atoms with Gasteiger partial charge >= 0.3 is 5.97 Å². The molecule has 0 unspecified atom stereocenters. The minimum atomic E-state index is -3.40. The molecule has 1 aliphatic carbocycles. The van der Waals surface area contributed by atoms with Crippen LogP contribution in [-0.2, 0) is 14.8 Å². The minimum absolute atomic E-state index is 0.0186. The molecule has 0 atom stereocenters. The van der Waals surface area contributed by atoms with Gasteiger partial charge in [-0.1, -0.05) is 13.8 Å². The molecule has 1 rings (SSSR count). The highest BCUT2D eigenvalue weighted by Crippen LogP contribution is 2.29. The average Bonchev–Trinajstić information content (AvgIpc) is 2.79. The SMILES string of the molecule is CC(C)CS(=O)(=O)N(CC(=O)O)C1CC1. The first-order valence-electron chi connectivity index (χ1n) is 5.04. The Labute approximate surface area is 90.1 Å². The molecule has 0 aromatic heterocycles. The first-order chi connectivity index (χ1) is 6.83. The van der Waals surface area contributed by atoms with E-state index in [1.165, 1.54) is 0 Å². The molecule has 0 spiro atoms.